The second-order valence-corrected chi connectivity index (χ2v) is 15.4. The van der Waals surface area contributed by atoms with E-state index in [1.807, 2.05) is 17.8 Å². The van der Waals surface area contributed by atoms with Gasteiger partial charge in [0.15, 0.2) is 0 Å². The number of allylic oxidation sites excluding steroid dienone is 1. The Morgan fingerprint density at radius 2 is 1.88 bits per heavy atom. The van der Waals surface area contributed by atoms with Gasteiger partial charge in [-0.25, -0.2) is 9.78 Å². The van der Waals surface area contributed by atoms with Crippen LogP contribution in [-0.2, 0) is 18.2 Å². The summed E-state index contributed by atoms with van der Waals surface area (Å²) in [4.78, 5) is 16.8. The maximum absolute atomic E-state index is 12.6. The molecule has 5 rings (SSSR count). The highest BCUT2D eigenvalue weighted by Gasteiger charge is 2.64. The molecule has 5 nitrogen and oxygen atoms in total. The van der Waals surface area contributed by atoms with Crippen LogP contribution in [0.25, 0.3) is 0 Å². The quantitative estimate of drug-likeness (QED) is 0.313. The van der Waals surface area contributed by atoms with Gasteiger partial charge in [0.25, 0.3) is 0 Å². The minimum absolute atomic E-state index is 0.00297. The van der Waals surface area contributed by atoms with Gasteiger partial charge in [0.05, 0.1) is 6.33 Å². The van der Waals surface area contributed by atoms with Crippen LogP contribution in [-0.4, -0.2) is 28.3 Å². The monoisotopic (exact) mass is 551 g/mol. The zero-order valence-corrected chi connectivity index (χ0v) is 26.6. The predicted molar refractivity (Wildman–Crippen MR) is 163 cm³/mol. The topological polar surface area (TPSA) is 56.1 Å². The fourth-order valence-corrected chi connectivity index (χ4v) is 10.5. The van der Waals surface area contributed by atoms with Gasteiger partial charge in [0, 0.05) is 38.3 Å². The number of alkyl carbamates (subject to hydrolysis) is 1. The number of nitrogens with zero attached hydrogens (tertiary/aromatic N) is 2. The Hall–Kier alpha value is -1.78. The van der Waals surface area contributed by atoms with Gasteiger partial charge >= 0.3 is 6.09 Å². The van der Waals surface area contributed by atoms with E-state index in [0.717, 1.165) is 61.0 Å². The molecule has 0 radical (unpaired) electrons. The molecule has 5 heteroatoms. The van der Waals surface area contributed by atoms with E-state index < -0.39 is 0 Å². The smallest absolute Gasteiger partial charge is 0.407 e. The van der Waals surface area contributed by atoms with Gasteiger partial charge < -0.3 is 14.6 Å². The molecule has 40 heavy (non-hydrogen) atoms. The van der Waals surface area contributed by atoms with E-state index in [1.165, 1.54) is 51.4 Å². The van der Waals surface area contributed by atoms with Gasteiger partial charge in [0.2, 0.25) is 0 Å². The number of imidazole rings is 1. The molecule has 8 atom stereocenters. The number of nitrogens with one attached hydrogen (secondary N) is 1. The lowest BCUT2D eigenvalue weighted by Crippen LogP contribution is -2.56. The minimum Gasteiger partial charge on any atom is -0.446 e. The van der Waals surface area contributed by atoms with E-state index in [0.29, 0.717) is 17.4 Å². The first-order valence-electron chi connectivity index (χ1n) is 16.6. The van der Waals surface area contributed by atoms with Crippen molar-refractivity contribution in [2.45, 2.75) is 125 Å². The van der Waals surface area contributed by atoms with Crippen molar-refractivity contribution in [3.63, 3.8) is 0 Å². The number of hydrogen-bond donors (Lipinski definition) is 1. The van der Waals surface area contributed by atoms with Crippen LogP contribution in [0.15, 0.2) is 24.2 Å². The number of carbonyl (C=O) groups excluding carboxylic acids is 1. The average Bonchev–Trinajstić information content (AvgIpc) is 3.47. The number of fused-ring (bicyclic) bond motifs is 5. The maximum Gasteiger partial charge on any atom is 0.407 e. The summed E-state index contributed by atoms with van der Waals surface area (Å²) in [6, 6.07) is 0. The van der Waals surface area contributed by atoms with Crippen molar-refractivity contribution < 1.29 is 9.53 Å². The number of ether oxygens (including phenoxy) is 1. The molecule has 1 N–H and O–H groups in total. The summed E-state index contributed by atoms with van der Waals surface area (Å²) in [5.41, 5.74) is 3.84. The van der Waals surface area contributed by atoms with Gasteiger partial charge in [-0.2, -0.15) is 0 Å². The van der Waals surface area contributed by atoms with Crippen LogP contribution in [0, 0.1) is 45.8 Å². The third kappa shape index (κ3) is 5.40. The standard InChI is InChI=1S/C35H57N3O2/c1-24(2)9-8-10-25(3)29-11-12-30-34(29,5)19-15-31-33(4)18-14-28(21-26(33)13-17-35(30,31)6)40-32(39)37-20-16-27-22-36-23-38(27)7/h13,22-25,28-31H,8-12,14-21H2,1-7H3,(H,37,39)/t25-,28?,29-,30-,31-,33?,34-,35?/m1/s1. The molecule has 0 bridgehead atoms. The van der Waals surface area contributed by atoms with Crippen molar-refractivity contribution in [1.82, 2.24) is 14.9 Å². The molecule has 3 fully saturated rings. The number of aryl methyl sites for hydroxylation is 1. The van der Waals surface area contributed by atoms with E-state index in [4.69, 9.17) is 4.74 Å². The molecule has 0 aromatic carbocycles. The lowest BCUT2D eigenvalue weighted by atomic mass is 9.41. The molecule has 0 aliphatic heterocycles. The molecular weight excluding hydrogens is 494 g/mol. The summed E-state index contributed by atoms with van der Waals surface area (Å²) < 4.78 is 7.95. The molecule has 224 valence electrons. The Balaban J connectivity index is 1.20. The molecule has 0 saturated heterocycles. The lowest BCUT2D eigenvalue weighted by molar-refractivity contribution is -0.114. The van der Waals surface area contributed by atoms with Crippen LogP contribution in [0.4, 0.5) is 4.79 Å². The largest absolute Gasteiger partial charge is 0.446 e. The zero-order chi connectivity index (χ0) is 28.7. The summed E-state index contributed by atoms with van der Waals surface area (Å²) in [5.74, 6) is 4.15. The summed E-state index contributed by atoms with van der Waals surface area (Å²) >= 11 is 0. The molecule has 4 aliphatic carbocycles. The van der Waals surface area contributed by atoms with Crippen LogP contribution in [0.1, 0.15) is 118 Å². The van der Waals surface area contributed by atoms with Crippen molar-refractivity contribution >= 4 is 6.09 Å². The molecule has 4 aliphatic rings. The highest BCUT2D eigenvalue weighted by atomic mass is 16.6. The molecule has 1 amide bonds. The predicted octanol–water partition coefficient (Wildman–Crippen LogP) is 8.49. The maximum atomic E-state index is 12.6. The molecule has 3 unspecified atom stereocenters. The van der Waals surface area contributed by atoms with Crippen molar-refractivity contribution in [3.05, 3.63) is 29.9 Å². The van der Waals surface area contributed by atoms with Crippen molar-refractivity contribution in [2.24, 2.45) is 52.9 Å². The third-order valence-electron chi connectivity index (χ3n) is 12.7. The minimum atomic E-state index is -0.273. The van der Waals surface area contributed by atoms with Gasteiger partial charge in [-0.1, -0.05) is 72.5 Å². The van der Waals surface area contributed by atoms with Crippen LogP contribution >= 0.6 is 0 Å². The molecule has 3 saturated carbocycles. The SMILES string of the molecule is CC(C)CCC[C@@H](C)[C@H]1CC[C@H]2C3(C)CC=C4CC(OC(=O)NCCc5cncn5C)CCC4(C)[C@H]3CC[C@]12C. The summed E-state index contributed by atoms with van der Waals surface area (Å²) in [7, 11) is 1.98. The Morgan fingerprint density at radius 1 is 1.07 bits per heavy atom. The summed E-state index contributed by atoms with van der Waals surface area (Å²) in [6.07, 6.45) is 20.8. The highest BCUT2D eigenvalue weighted by molar-refractivity contribution is 5.67. The Labute approximate surface area is 244 Å². The molecule has 1 aromatic rings. The second-order valence-electron chi connectivity index (χ2n) is 15.4. The van der Waals surface area contributed by atoms with Gasteiger partial charge in [-0.15, -0.1) is 0 Å². The van der Waals surface area contributed by atoms with E-state index >= 15 is 0 Å². The highest BCUT2D eigenvalue weighted by Crippen LogP contribution is 2.72. The van der Waals surface area contributed by atoms with Crippen molar-refractivity contribution in [3.8, 4) is 0 Å². The Kier molecular flexibility index (Phi) is 8.52. The third-order valence-corrected chi connectivity index (χ3v) is 12.7. The van der Waals surface area contributed by atoms with Gasteiger partial charge in [0.1, 0.15) is 6.10 Å². The van der Waals surface area contributed by atoms with Gasteiger partial charge in [-0.3, -0.25) is 0 Å². The number of rotatable bonds is 9. The average molecular weight is 552 g/mol. The van der Waals surface area contributed by atoms with Crippen LogP contribution in [0.3, 0.4) is 0 Å². The Bertz CT molecular complexity index is 1080. The van der Waals surface area contributed by atoms with E-state index in [2.05, 4.69) is 57.9 Å². The first-order chi connectivity index (χ1) is 19.0. The van der Waals surface area contributed by atoms with E-state index in [1.54, 1.807) is 11.9 Å². The fourth-order valence-electron chi connectivity index (χ4n) is 10.5. The van der Waals surface area contributed by atoms with E-state index in [9.17, 15) is 4.79 Å². The number of aromatic nitrogens is 2. The molecule has 0 spiro atoms. The number of amides is 1. The van der Waals surface area contributed by atoms with Crippen LogP contribution in [0.5, 0.6) is 0 Å². The summed E-state index contributed by atoms with van der Waals surface area (Å²) in [6.45, 7) is 15.8. The zero-order valence-electron chi connectivity index (χ0n) is 26.6. The normalized spacial score (nSPS) is 37.8. The molecule has 1 heterocycles. The Morgan fingerprint density at radius 3 is 2.60 bits per heavy atom. The number of carbonyl (C=O) groups is 1. The molecular formula is C35H57N3O2. The first kappa shape index (κ1) is 29.7. The van der Waals surface area contributed by atoms with Crippen molar-refractivity contribution in [1.29, 1.82) is 0 Å². The second kappa shape index (κ2) is 11.5. The lowest BCUT2D eigenvalue weighted by Gasteiger charge is -2.63. The summed E-state index contributed by atoms with van der Waals surface area (Å²) in [5, 5.41) is 2.97. The van der Waals surface area contributed by atoms with Gasteiger partial charge in [-0.05, 0) is 90.8 Å². The number of hydrogen-bond acceptors (Lipinski definition) is 3. The first-order valence-corrected chi connectivity index (χ1v) is 16.6. The van der Waals surface area contributed by atoms with Crippen molar-refractivity contribution in [2.75, 3.05) is 6.54 Å². The van der Waals surface area contributed by atoms with Crippen LogP contribution in [0.2, 0.25) is 0 Å². The van der Waals surface area contributed by atoms with Crippen LogP contribution < -0.4 is 5.32 Å². The molecule has 1 aromatic heterocycles. The van der Waals surface area contributed by atoms with E-state index in [-0.39, 0.29) is 17.6 Å². The fraction of sp³-hybridized carbons (Fsp3) is 0.829.